The van der Waals surface area contributed by atoms with Crippen LogP contribution in [0.15, 0.2) is 35.2 Å². The quantitative estimate of drug-likeness (QED) is 0.781. The highest BCUT2D eigenvalue weighted by Gasteiger charge is 2.33. The second kappa shape index (κ2) is 6.55. The second-order valence-electron chi connectivity index (χ2n) is 5.01. The third-order valence-electron chi connectivity index (χ3n) is 3.77. The standard InChI is InChI=1S/C14H20N2O4S/c1-15(20-2)14(17)12-8-10-16(11-9-12)21(18,19)13-6-4-3-5-7-13/h3-7,12H,8-11H2,1-2H3. The van der Waals surface area contributed by atoms with E-state index in [1.807, 2.05) is 0 Å². The van der Waals surface area contributed by atoms with E-state index in [9.17, 15) is 13.2 Å². The van der Waals surface area contributed by atoms with Crippen molar-refractivity contribution >= 4 is 15.9 Å². The van der Waals surface area contributed by atoms with Crippen LogP contribution in [0.3, 0.4) is 0 Å². The summed E-state index contributed by atoms with van der Waals surface area (Å²) in [6.45, 7) is 0.705. The molecule has 0 aromatic heterocycles. The third-order valence-corrected chi connectivity index (χ3v) is 5.68. The number of piperidine rings is 1. The van der Waals surface area contributed by atoms with Crippen molar-refractivity contribution in [3.05, 3.63) is 30.3 Å². The van der Waals surface area contributed by atoms with E-state index in [1.165, 1.54) is 16.5 Å². The number of benzene rings is 1. The first kappa shape index (κ1) is 15.9. The molecule has 0 bridgehead atoms. The zero-order valence-corrected chi connectivity index (χ0v) is 13.0. The minimum Gasteiger partial charge on any atom is -0.275 e. The van der Waals surface area contributed by atoms with Gasteiger partial charge in [0.2, 0.25) is 15.9 Å². The minimum absolute atomic E-state index is 0.103. The Morgan fingerprint density at radius 3 is 2.33 bits per heavy atom. The molecule has 1 aliphatic rings. The van der Waals surface area contributed by atoms with E-state index >= 15 is 0 Å². The molecule has 0 spiro atoms. The first-order valence-corrected chi connectivity index (χ1v) is 8.27. The number of nitrogens with zero attached hydrogens (tertiary/aromatic N) is 2. The Morgan fingerprint density at radius 1 is 1.24 bits per heavy atom. The maximum atomic E-state index is 12.5. The van der Waals surface area contributed by atoms with Crippen LogP contribution in [0.25, 0.3) is 0 Å². The predicted molar refractivity (Wildman–Crippen MR) is 77.7 cm³/mol. The van der Waals surface area contributed by atoms with Crippen LogP contribution >= 0.6 is 0 Å². The van der Waals surface area contributed by atoms with Gasteiger partial charge in [0.25, 0.3) is 0 Å². The smallest absolute Gasteiger partial charge is 0.249 e. The molecular weight excluding hydrogens is 292 g/mol. The summed E-state index contributed by atoms with van der Waals surface area (Å²) in [5.74, 6) is -0.286. The summed E-state index contributed by atoms with van der Waals surface area (Å²) in [4.78, 5) is 17.2. The highest BCUT2D eigenvalue weighted by molar-refractivity contribution is 7.89. The molecular formula is C14H20N2O4S. The van der Waals surface area contributed by atoms with Gasteiger partial charge in [0.05, 0.1) is 12.0 Å². The van der Waals surface area contributed by atoms with Crippen molar-refractivity contribution < 1.29 is 18.0 Å². The molecule has 1 amide bonds. The van der Waals surface area contributed by atoms with Crippen LogP contribution in [-0.4, -0.2) is 50.9 Å². The van der Waals surface area contributed by atoms with Crippen molar-refractivity contribution in [3.63, 3.8) is 0 Å². The highest BCUT2D eigenvalue weighted by Crippen LogP contribution is 2.24. The Hall–Kier alpha value is -1.44. The van der Waals surface area contributed by atoms with Gasteiger partial charge in [-0.1, -0.05) is 18.2 Å². The molecule has 1 aromatic rings. The van der Waals surface area contributed by atoms with Crippen LogP contribution in [0.5, 0.6) is 0 Å². The number of sulfonamides is 1. The number of hydrogen-bond acceptors (Lipinski definition) is 4. The number of amides is 1. The lowest BCUT2D eigenvalue weighted by Crippen LogP contribution is -2.43. The molecule has 21 heavy (non-hydrogen) atoms. The van der Waals surface area contributed by atoms with Gasteiger partial charge < -0.3 is 0 Å². The SMILES string of the molecule is CON(C)C(=O)C1CCN(S(=O)(=O)c2ccccc2)CC1. The van der Waals surface area contributed by atoms with Gasteiger partial charge in [-0.05, 0) is 25.0 Å². The summed E-state index contributed by atoms with van der Waals surface area (Å²) in [7, 11) is -0.458. The van der Waals surface area contributed by atoms with Gasteiger partial charge in [-0.3, -0.25) is 9.63 Å². The third kappa shape index (κ3) is 3.42. The molecule has 1 heterocycles. The Bertz CT molecular complexity index is 580. The Balaban J connectivity index is 2.03. The van der Waals surface area contributed by atoms with Crippen LogP contribution in [0.1, 0.15) is 12.8 Å². The lowest BCUT2D eigenvalue weighted by atomic mass is 9.97. The van der Waals surface area contributed by atoms with Crippen molar-refractivity contribution in [1.82, 2.24) is 9.37 Å². The van der Waals surface area contributed by atoms with E-state index in [0.717, 1.165) is 0 Å². The first-order valence-electron chi connectivity index (χ1n) is 6.83. The van der Waals surface area contributed by atoms with Gasteiger partial charge in [0, 0.05) is 26.1 Å². The van der Waals surface area contributed by atoms with E-state index in [-0.39, 0.29) is 11.8 Å². The molecule has 0 N–H and O–H groups in total. The van der Waals surface area contributed by atoms with Gasteiger partial charge in [-0.15, -0.1) is 0 Å². The molecule has 116 valence electrons. The Kier molecular flexibility index (Phi) is 4.97. The summed E-state index contributed by atoms with van der Waals surface area (Å²) >= 11 is 0. The van der Waals surface area contributed by atoms with Crippen molar-refractivity contribution in [2.45, 2.75) is 17.7 Å². The van der Waals surface area contributed by atoms with Crippen LogP contribution < -0.4 is 0 Å². The Morgan fingerprint density at radius 2 is 1.81 bits per heavy atom. The predicted octanol–water partition coefficient (Wildman–Crippen LogP) is 1.11. The zero-order valence-electron chi connectivity index (χ0n) is 12.2. The first-order chi connectivity index (χ1) is 9.96. The summed E-state index contributed by atoms with van der Waals surface area (Å²) in [6, 6.07) is 8.37. The maximum Gasteiger partial charge on any atom is 0.249 e. The van der Waals surface area contributed by atoms with Crippen LogP contribution in [0.2, 0.25) is 0 Å². The van der Waals surface area contributed by atoms with Crippen molar-refractivity contribution in [2.75, 3.05) is 27.2 Å². The number of hydroxylamine groups is 2. The number of carbonyl (C=O) groups excluding carboxylic acids is 1. The molecule has 1 saturated heterocycles. The van der Waals surface area contributed by atoms with Gasteiger partial charge in [0.1, 0.15) is 0 Å². The monoisotopic (exact) mass is 312 g/mol. The van der Waals surface area contributed by atoms with Crippen molar-refractivity contribution in [3.8, 4) is 0 Å². The fourth-order valence-corrected chi connectivity index (χ4v) is 3.92. The van der Waals surface area contributed by atoms with Crippen LogP contribution in [0.4, 0.5) is 0 Å². The van der Waals surface area contributed by atoms with E-state index in [1.54, 1.807) is 37.4 Å². The lowest BCUT2D eigenvalue weighted by molar-refractivity contribution is -0.174. The highest BCUT2D eigenvalue weighted by atomic mass is 32.2. The van der Waals surface area contributed by atoms with Crippen LogP contribution in [-0.2, 0) is 19.7 Å². The van der Waals surface area contributed by atoms with Crippen LogP contribution in [0, 0.1) is 5.92 Å². The van der Waals surface area contributed by atoms with Gasteiger partial charge >= 0.3 is 0 Å². The van der Waals surface area contributed by atoms with Crippen molar-refractivity contribution in [2.24, 2.45) is 5.92 Å². The molecule has 1 aliphatic heterocycles. The normalized spacial score (nSPS) is 17.6. The van der Waals surface area contributed by atoms with Gasteiger partial charge in [-0.2, -0.15) is 4.31 Å². The molecule has 0 saturated carbocycles. The molecule has 0 unspecified atom stereocenters. The average Bonchev–Trinajstić information content (AvgIpc) is 2.54. The molecule has 2 rings (SSSR count). The second-order valence-corrected chi connectivity index (χ2v) is 6.95. The molecule has 0 aliphatic carbocycles. The molecule has 1 fully saturated rings. The zero-order chi connectivity index (χ0) is 15.5. The van der Waals surface area contributed by atoms with Crippen molar-refractivity contribution in [1.29, 1.82) is 0 Å². The topological polar surface area (TPSA) is 66.9 Å². The molecule has 6 nitrogen and oxygen atoms in total. The van der Waals surface area contributed by atoms with Gasteiger partial charge in [-0.25, -0.2) is 13.5 Å². The van der Waals surface area contributed by atoms with E-state index in [4.69, 9.17) is 4.84 Å². The fraction of sp³-hybridized carbons (Fsp3) is 0.500. The largest absolute Gasteiger partial charge is 0.275 e. The summed E-state index contributed by atoms with van der Waals surface area (Å²) in [5, 5.41) is 1.20. The number of rotatable bonds is 4. The summed E-state index contributed by atoms with van der Waals surface area (Å²) < 4.78 is 26.4. The fourth-order valence-electron chi connectivity index (χ4n) is 2.43. The maximum absolute atomic E-state index is 12.5. The average molecular weight is 312 g/mol. The van der Waals surface area contributed by atoms with E-state index in [2.05, 4.69) is 0 Å². The minimum atomic E-state index is -3.46. The van der Waals surface area contributed by atoms with E-state index < -0.39 is 10.0 Å². The molecule has 7 heteroatoms. The van der Waals surface area contributed by atoms with E-state index in [0.29, 0.717) is 30.8 Å². The molecule has 1 aromatic carbocycles. The number of hydrogen-bond donors (Lipinski definition) is 0. The Labute approximate surface area is 125 Å². The summed E-state index contributed by atoms with van der Waals surface area (Å²) in [6.07, 6.45) is 1.02. The lowest BCUT2D eigenvalue weighted by Gasteiger charge is -2.31. The van der Waals surface area contributed by atoms with Gasteiger partial charge in [0.15, 0.2) is 0 Å². The summed E-state index contributed by atoms with van der Waals surface area (Å²) in [5.41, 5.74) is 0. The molecule has 0 radical (unpaired) electrons. The number of carbonyl (C=O) groups is 1. The molecule has 0 atom stereocenters.